The number of hydrogen-bond donors (Lipinski definition) is 0. The number of tetrazole rings is 1. The lowest BCUT2D eigenvalue weighted by molar-refractivity contribution is -0.0000171. The predicted octanol–water partition coefficient (Wildman–Crippen LogP) is 0.321. The van der Waals surface area contributed by atoms with Crippen molar-refractivity contribution in [3.8, 4) is 0 Å². The number of furan rings is 1. The van der Waals surface area contributed by atoms with Gasteiger partial charge < -0.3 is 21.7 Å². The quantitative estimate of drug-likeness (QED) is 0.650. The maximum absolute atomic E-state index is 12.6. The number of amides is 1. The van der Waals surface area contributed by atoms with E-state index in [4.69, 9.17) is 4.42 Å². The lowest BCUT2D eigenvalue weighted by Gasteiger charge is -2.39. The second-order valence-electron chi connectivity index (χ2n) is 8.72. The van der Waals surface area contributed by atoms with Gasteiger partial charge in [-0.05, 0) is 47.7 Å². The topological polar surface area (TPSA) is 80.3 Å². The maximum Gasteiger partial charge on any atom is 0.289 e. The average molecular weight is 436 g/mol. The average Bonchev–Trinajstić information content (AvgIpc) is 3.44. The highest BCUT2D eigenvalue weighted by atomic mass is 35.5. The summed E-state index contributed by atoms with van der Waals surface area (Å²) in [6.45, 7) is 7.53. The molecule has 1 atom stereocenters. The van der Waals surface area contributed by atoms with Crippen LogP contribution in [-0.2, 0) is 0 Å². The van der Waals surface area contributed by atoms with Crippen LogP contribution in [0.3, 0.4) is 0 Å². The molecule has 30 heavy (non-hydrogen) atoms. The van der Waals surface area contributed by atoms with Crippen molar-refractivity contribution in [2.45, 2.75) is 64.5 Å². The Hall–Kier alpha value is -1.93. The Morgan fingerprint density at radius 3 is 2.53 bits per heavy atom. The normalized spacial score (nSPS) is 19.6. The van der Waals surface area contributed by atoms with Crippen molar-refractivity contribution in [2.24, 2.45) is 5.92 Å². The molecule has 2 aromatic rings. The zero-order valence-electron chi connectivity index (χ0n) is 17.9. The van der Waals surface area contributed by atoms with Gasteiger partial charge in [-0.25, -0.2) is 4.68 Å². The van der Waals surface area contributed by atoms with E-state index < -0.39 is 0 Å². The number of carbonyl (C=O) groups excluding carboxylic acids is 1. The van der Waals surface area contributed by atoms with Crippen LogP contribution in [0.4, 0.5) is 0 Å². The molecule has 0 radical (unpaired) electrons. The van der Waals surface area contributed by atoms with Crippen LogP contribution >= 0.6 is 0 Å². The van der Waals surface area contributed by atoms with Gasteiger partial charge in [0, 0.05) is 26.2 Å². The highest BCUT2D eigenvalue weighted by molar-refractivity contribution is 5.91. The van der Waals surface area contributed by atoms with E-state index in [0.717, 1.165) is 38.2 Å². The predicted molar refractivity (Wildman–Crippen MR) is 108 cm³/mol. The van der Waals surface area contributed by atoms with Crippen molar-refractivity contribution >= 4 is 5.91 Å². The number of aromatic nitrogens is 4. The van der Waals surface area contributed by atoms with Crippen molar-refractivity contribution in [1.29, 1.82) is 0 Å². The summed E-state index contributed by atoms with van der Waals surface area (Å²) in [6, 6.07) is 4.10. The van der Waals surface area contributed by atoms with Crippen molar-refractivity contribution in [3.05, 3.63) is 30.0 Å². The zero-order chi connectivity index (χ0) is 20.2. The molecule has 0 aromatic carbocycles. The van der Waals surface area contributed by atoms with E-state index in [2.05, 4.69) is 39.0 Å². The summed E-state index contributed by atoms with van der Waals surface area (Å²) in [6.07, 6.45) is 8.72. The summed E-state index contributed by atoms with van der Waals surface area (Å²) in [5.41, 5.74) is 0. The molecular formula is C21H32ClN6O2-. The molecule has 2 aliphatic rings. The van der Waals surface area contributed by atoms with E-state index in [-0.39, 0.29) is 24.4 Å². The molecule has 2 fully saturated rings. The van der Waals surface area contributed by atoms with Crippen molar-refractivity contribution in [3.63, 3.8) is 0 Å². The minimum absolute atomic E-state index is 0. The molecule has 4 rings (SSSR count). The van der Waals surface area contributed by atoms with Crippen LogP contribution in [0.1, 0.15) is 80.8 Å². The molecular weight excluding hydrogens is 404 g/mol. The van der Waals surface area contributed by atoms with Crippen LogP contribution in [0.15, 0.2) is 22.8 Å². The van der Waals surface area contributed by atoms with Gasteiger partial charge in [-0.2, -0.15) is 0 Å². The monoisotopic (exact) mass is 435 g/mol. The number of piperazine rings is 1. The molecule has 166 valence electrons. The van der Waals surface area contributed by atoms with Crippen molar-refractivity contribution in [1.82, 2.24) is 30.0 Å². The third-order valence-corrected chi connectivity index (χ3v) is 6.21. The van der Waals surface area contributed by atoms with Gasteiger partial charge in [0.05, 0.1) is 18.3 Å². The molecule has 9 heteroatoms. The molecule has 1 unspecified atom stereocenters. The SMILES string of the molecule is CC(C)CC(c1nnnn1C1CCCCC1)N1CCN(C(=O)c2ccco2)CC1.[Cl-]. The van der Waals surface area contributed by atoms with Gasteiger partial charge in [0.2, 0.25) is 0 Å². The fraction of sp³-hybridized carbons (Fsp3) is 0.714. The van der Waals surface area contributed by atoms with Crippen LogP contribution in [0.25, 0.3) is 0 Å². The summed E-state index contributed by atoms with van der Waals surface area (Å²) < 4.78 is 7.39. The molecule has 1 aliphatic heterocycles. The highest BCUT2D eigenvalue weighted by Gasteiger charge is 2.33. The number of halogens is 1. The Balaban J connectivity index is 0.00000256. The molecule has 0 N–H and O–H groups in total. The van der Waals surface area contributed by atoms with E-state index in [0.29, 0.717) is 30.8 Å². The van der Waals surface area contributed by atoms with Crippen LogP contribution in [0, 0.1) is 5.92 Å². The zero-order valence-corrected chi connectivity index (χ0v) is 18.7. The molecule has 1 saturated heterocycles. The van der Waals surface area contributed by atoms with Gasteiger partial charge in [-0.1, -0.05) is 33.1 Å². The first-order valence-corrected chi connectivity index (χ1v) is 11.0. The maximum atomic E-state index is 12.6. The smallest absolute Gasteiger partial charge is 0.289 e. The number of carbonyl (C=O) groups is 1. The number of rotatable bonds is 6. The Morgan fingerprint density at radius 2 is 1.90 bits per heavy atom. The highest BCUT2D eigenvalue weighted by Crippen LogP contribution is 2.33. The minimum Gasteiger partial charge on any atom is -1.00 e. The third-order valence-electron chi connectivity index (χ3n) is 6.21. The molecule has 0 spiro atoms. The number of hydrogen-bond acceptors (Lipinski definition) is 6. The van der Waals surface area contributed by atoms with Crippen LogP contribution in [0.5, 0.6) is 0 Å². The lowest BCUT2D eigenvalue weighted by atomic mass is 9.94. The third kappa shape index (κ3) is 5.03. The Bertz CT molecular complexity index is 779. The Labute approximate surface area is 184 Å². The summed E-state index contributed by atoms with van der Waals surface area (Å²) in [4.78, 5) is 16.9. The summed E-state index contributed by atoms with van der Waals surface area (Å²) in [5, 5.41) is 12.9. The van der Waals surface area contributed by atoms with Crippen LogP contribution in [-0.4, -0.2) is 62.1 Å². The summed E-state index contributed by atoms with van der Waals surface area (Å²) in [5.74, 6) is 1.93. The largest absolute Gasteiger partial charge is 1.00 e. The molecule has 1 aliphatic carbocycles. The second kappa shape index (κ2) is 10.4. The molecule has 1 amide bonds. The minimum atomic E-state index is -0.0258. The lowest BCUT2D eigenvalue weighted by Crippen LogP contribution is -3.00. The van der Waals surface area contributed by atoms with Crippen LogP contribution in [0.2, 0.25) is 0 Å². The standard InChI is InChI=1S/C21H32N6O2.ClH/c1-16(2)15-18(20-22-23-24-27(20)17-7-4-3-5-8-17)25-10-12-26(13-11-25)21(28)19-9-6-14-29-19;/h6,9,14,16-18H,3-5,7-8,10-13,15H2,1-2H3;1H/p-1. The first kappa shape index (κ1) is 22.7. The van der Waals surface area contributed by atoms with E-state index in [1.54, 1.807) is 18.4 Å². The molecule has 1 saturated carbocycles. The van der Waals surface area contributed by atoms with E-state index in [1.807, 2.05) is 4.90 Å². The van der Waals surface area contributed by atoms with Gasteiger partial charge >= 0.3 is 0 Å². The van der Waals surface area contributed by atoms with Gasteiger partial charge in [0.1, 0.15) is 0 Å². The van der Waals surface area contributed by atoms with Crippen molar-refractivity contribution in [2.75, 3.05) is 26.2 Å². The van der Waals surface area contributed by atoms with Gasteiger partial charge in [-0.3, -0.25) is 9.69 Å². The summed E-state index contributed by atoms with van der Waals surface area (Å²) in [7, 11) is 0. The molecule has 2 aromatic heterocycles. The van der Waals surface area contributed by atoms with E-state index >= 15 is 0 Å². The fourth-order valence-corrected chi connectivity index (χ4v) is 4.66. The second-order valence-corrected chi connectivity index (χ2v) is 8.72. The van der Waals surface area contributed by atoms with E-state index in [1.165, 1.54) is 19.3 Å². The van der Waals surface area contributed by atoms with Crippen molar-refractivity contribution < 1.29 is 21.6 Å². The fourth-order valence-electron chi connectivity index (χ4n) is 4.66. The molecule has 0 bridgehead atoms. The van der Waals surface area contributed by atoms with Gasteiger partial charge in [0.25, 0.3) is 5.91 Å². The molecule has 3 heterocycles. The molecule has 8 nitrogen and oxygen atoms in total. The first-order chi connectivity index (χ1) is 14.1. The van der Waals surface area contributed by atoms with Gasteiger partial charge in [-0.15, -0.1) is 5.10 Å². The Morgan fingerprint density at radius 1 is 1.17 bits per heavy atom. The first-order valence-electron chi connectivity index (χ1n) is 11.0. The van der Waals surface area contributed by atoms with Crippen LogP contribution < -0.4 is 12.4 Å². The van der Waals surface area contributed by atoms with Gasteiger partial charge in [0.15, 0.2) is 11.6 Å². The summed E-state index contributed by atoms with van der Waals surface area (Å²) >= 11 is 0. The Kier molecular flexibility index (Phi) is 7.88. The number of nitrogens with zero attached hydrogens (tertiary/aromatic N) is 6. The van der Waals surface area contributed by atoms with E-state index in [9.17, 15) is 4.79 Å².